The smallest absolute Gasteiger partial charge is 0.422 e. The number of hydrogen-bond donors (Lipinski definition) is 0. The molecule has 0 saturated heterocycles. The molecule has 0 N–H and O–H groups in total. The van der Waals surface area contributed by atoms with E-state index >= 15 is 0 Å². The summed E-state index contributed by atoms with van der Waals surface area (Å²) in [7, 11) is 1.69. The number of hydrogen-bond acceptors (Lipinski definition) is 5. The van der Waals surface area contributed by atoms with Crippen LogP contribution < -0.4 is 4.90 Å². The molecule has 0 unspecified atom stereocenters. The molecule has 0 fully saturated rings. The highest BCUT2D eigenvalue weighted by molar-refractivity contribution is 9.10. The van der Waals surface area contributed by atoms with Crippen LogP contribution in [-0.2, 0) is 4.74 Å². The van der Waals surface area contributed by atoms with Gasteiger partial charge in [-0.05, 0) is 28.4 Å². The van der Waals surface area contributed by atoms with E-state index in [1.165, 1.54) is 0 Å². The van der Waals surface area contributed by atoms with Crippen molar-refractivity contribution in [3.63, 3.8) is 0 Å². The molecule has 26 heavy (non-hydrogen) atoms. The van der Waals surface area contributed by atoms with E-state index in [-0.39, 0.29) is 12.3 Å². The van der Waals surface area contributed by atoms with E-state index < -0.39 is 12.8 Å². The summed E-state index contributed by atoms with van der Waals surface area (Å²) in [4.78, 5) is 10.2. The Labute approximate surface area is 157 Å². The van der Waals surface area contributed by atoms with Gasteiger partial charge >= 0.3 is 6.18 Å². The summed E-state index contributed by atoms with van der Waals surface area (Å²) in [5.41, 5.74) is 0. The summed E-state index contributed by atoms with van der Waals surface area (Å²) >= 11 is 3.31. The van der Waals surface area contributed by atoms with Crippen molar-refractivity contribution in [1.82, 2.24) is 19.7 Å². The quantitative estimate of drug-likeness (QED) is 0.585. The fraction of sp³-hybridized carbons (Fsp3) is 0.438. The third-order valence-corrected chi connectivity index (χ3v) is 3.64. The largest absolute Gasteiger partial charge is 0.487 e. The maximum absolute atomic E-state index is 12.4. The monoisotopic (exact) mass is 433 g/mol. The molecule has 2 rings (SSSR count). The van der Waals surface area contributed by atoms with Crippen molar-refractivity contribution in [1.29, 1.82) is 0 Å². The van der Waals surface area contributed by atoms with Crippen LogP contribution in [0.15, 0.2) is 41.0 Å². The lowest BCUT2D eigenvalue weighted by Gasteiger charge is -2.20. The Bertz CT molecular complexity index is 747. The van der Waals surface area contributed by atoms with Crippen LogP contribution in [0.1, 0.15) is 19.8 Å². The minimum absolute atomic E-state index is 0.127. The van der Waals surface area contributed by atoms with Crippen LogP contribution in [0.25, 0.3) is 5.82 Å². The van der Waals surface area contributed by atoms with E-state index in [9.17, 15) is 13.2 Å². The van der Waals surface area contributed by atoms with E-state index in [2.05, 4.69) is 31.0 Å². The highest BCUT2D eigenvalue weighted by Crippen LogP contribution is 2.18. The molecule has 2 aromatic heterocycles. The predicted molar refractivity (Wildman–Crippen MR) is 95.1 cm³/mol. The number of likely N-dealkylation sites (N-methyl/N-ethyl adjacent to an activating group) is 1. The second-order valence-corrected chi connectivity index (χ2v) is 6.45. The second-order valence-electron chi connectivity index (χ2n) is 5.54. The van der Waals surface area contributed by atoms with E-state index in [1.54, 1.807) is 47.4 Å². The lowest BCUT2D eigenvalue weighted by atomic mass is 10.3. The minimum Gasteiger partial charge on any atom is -0.487 e. The summed E-state index contributed by atoms with van der Waals surface area (Å²) in [5, 5.41) is 4.14. The summed E-state index contributed by atoms with van der Waals surface area (Å²) in [6.07, 6.45) is 3.65. The van der Waals surface area contributed by atoms with Crippen molar-refractivity contribution in [2.45, 2.75) is 25.9 Å². The molecule has 2 heterocycles. The number of ether oxygens (including phenoxy) is 1. The number of anilines is 1. The Balaban J connectivity index is 2.11. The lowest BCUT2D eigenvalue weighted by Crippen LogP contribution is -2.26. The first-order valence-corrected chi connectivity index (χ1v) is 8.71. The van der Waals surface area contributed by atoms with Gasteiger partial charge in [0, 0.05) is 25.5 Å². The third kappa shape index (κ3) is 6.32. The molecule has 0 amide bonds. The van der Waals surface area contributed by atoms with Crippen molar-refractivity contribution in [2.75, 3.05) is 25.1 Å². The SMILES string of the molecule is CCC/C=C(\CN(C)c1nccc(-n2cc(Br)cn2)n1)OCC(F)(F)F. The predicted octanol–water partition coefficient (Wildman–Crippen LogP) is 4.12. The molecular formula is C16H19BrF3N5O. The maximum atomic E-state index is 12.4. The summed E-state index contributed by atoms with van der Waals surface area (Å²) in [6.45, 7) is 0.747. The molecule has 6 nitrogen and oxygen atoms in total. The van der Waals surface area contributed by atoms with E-state index in [4.69, 9.17) is 4.74 Å². The number of unbranched alkanes of at least 4 members (excludes halogenated alkanes) is 1. The number of alkyl halides is 3. The molecule has 0 aliphatic heterocycles. The molecule has 0 aliphatic carbocycles. The fourth-order valence-electron chi connectivity index (χ4n) is 2.03. The van der Waals surface area contributed by atoms with E-state index in [1.807, 2.05) is 6.92 Å². The lowest BCUT2D eigenvalue weighted by molar-refractivity contribution is -0.164. The van der Waals surface area contributed by atoms with Gasteiger partial charge < -0.3 is 9.64 Å². The first kappa shape index (κ1) is 20.2. The first-order valence-electron chi connectivity index (χ1n) is 7.92. The molecule has 0 saturated carbocycles. The fourth-order valence-corrected chi connectivity index (χ4v) is 2.32. The number of allylic oxidation sites excluding steroid dienone is 1. The molecule has 0 aromatic carbocycles. The zero-order valence-corrected chi connectivity index (χ0v) is 16.0. The zero-order valence-electron chi connectivity index (χ0n) is 14.4. The Morgan fingerprint density at radius 2 is 2.19 bits per heavy atom. The van der Waals surface area contributed by atoms with Crippen LogP contribution in [0.4, 0.5) is 19.1 Å². The topological polar surface area (TPSA) is 56.1 Å². The van der Waals surface area contributed by atoms with Crippen LogP contribution >= 0.6 is 15.9 Å². The van der Waals surface area contributed by atoms with Gasteiger partial charge in [0.05, 0.1) is 17.2 Å². The van der Waals surface area contributed by atoms with Crippen molar-refractivity contribution < 1.29 is 17.9 Å². The van der Waals surface area contributed by atoms with Crippen LogP contribution in [0, 0.1) is 0 Å². The Hall–Kier alpha value is -2.10. The van der Waals surface area contributed by atoms with Gasteiger partial charge in [0.1, 0.15) is 5.76 Å². The van der Waals surface area contributed by atoms with Gasteiger partial charge in [-0.15, -0.1) is 0 Å². The van der Waals surface area contributed by atoms with Crippen LogP contribution in [0.3, 0.4) is 0 Å². The van der Waals surface area contributed by atoms with Crippen molar-refractivity contribution in [2.24, 2.45) is 0 Å². The molecule has 0 bridgehead atoms. The van der Waals surface area contributed by atoms with E-state index in [0.717, 1.165) is 10.9 Å². The van der Waals surface area contributed by atoms with Crippen LogP contribution in [-0.4, -0.2) is 46.1 Å². The molecule has 0 spiro atoms. The number of halogens is 4. The maximum Gasteiger partial charge on any atom is 0.422 e. The van der Waals surface area contributed by atoms with Gasteiger partial charge in [-0.2, -0.15) is 23.3 Å². The standard InChI is InChI=1S/C16H19BrF3N5O/c1-3-4-5-13(26-11-16(18,19)20)10-24(2)15-21-7-6-14(23-15)25-9-12(17)8-22-25/h5-9H,3-4,10-11H2,1-2H3/b13-5+. The van der Waals surface area contributed by atoms with Gasteiger partial charge in [0.15, 0.2) is 12.4 Å². The molecule has 0 radical (unpaired) electrons. The number of aromatic nitrogens is 4. The first-order chi connectivity index (χ1) is 12.3. The molecule has 0 atom stereocenters. The van der Waals surface area contributed by atoms with Crippen molar-refractivity contribution in [3.8, 4) is 5.82 Å². The number of rotatable bonds is 8. The van der Waals surface area contributed by atoms with Crippen molar-refractivity contribution >= 4 is 21.9 Å². The van der Waals surface area contributed by atoms with E-state index in [0.29, 0.717) is 18.2 Å². The average Bonchev–Trinajstić information content (AvgIpc) is 3.03. The van der Waals surface area contributed by atoms with Crippen molar-refractivity contribution in [3.05, 3.63) is 41.0 Å². The normalized spacial score (nSPS) is 12.3. The third-order valence-electron chi connectivity index (χ3n) is 3.23. The summed E-state index contributed by atoms with van der Waals surface area (Å²) in [6, 6.07) is 1.69. The highest BCUT2D eigenvalue weighted by atomic mass is 79.9. The minimum atomic E-state index is -4.38. The molecule has 0 aliphatic rings. The van der Waals surface area contributed by atoms with Gasteiger partial charge in [-0.3, -0.25) is 0 Å². The summed E-state index contributed by atoms with van der Waals surface area (Å²) in [5.74, 6) is 1.14. The zero-order chi connectivity index (χ0) is 19.2. The average molecular weight is 434 g/mol. The van der Waals surface area contributed by atoms with Gasteiger partial charge in [0.2, 0.25) is 5.95 Å². The molecule has 142 valence electrons. The van der Waals surface area contributed by atoms with Crippen LogP contribution in [0.5, 0.6) is 0 Å². The van der Waals surface area contributed by atoms with Crippen LogP contribution in [0.2, 0.25) is 0 Å². The van der Waals surface area contributed by atoms with Gasteiger partial charge in [0.25, 0.3) is 0 Å². The molecule has 10 heteroatoms. The number of nitrogens with zero attached hydrogens (tertiary/aromatic N) is 5. The molecular weight excluding hydrogens is 415 g/mol. The van der Waals surface area contributed by atoms with Gasteiger partial charge in [-0.25, -0.2) is 9.67 Å². The Morgan fingerprint density at radius 1 is 1.42 bits per heavy atom. The summed E-state index contributed by atoms with van der Waals surface area (Å²) < 4.78 is 44.6. The molecule has 2 aromatic rings. The highest BCUT2D eigenvalue weighted by Gasteiger charge is 2.29. The Morgan fingerprint density at radius 3 is 2.81 bits per heavy atom. The van der Waals surface area contributed by atoms with Gasteiger partial charge in [-0.1, -0.05) is 13.3 Å². The second kappa shape index (κ2) is 9.02. The Kier molecular flexibility index (Phi) is 7.01.